The number of aromatic nitrogens is 3. The van der Waals surface area contributed by atoms with Crippen LogP contribution in [-0.2, 0) is 19.5 Å². The molecule has 162 valence electrons. The minimum atomic E-state index is -0.485. The summed E-state index contributed by atoms with van der Waals surface area (Å²) in [7, 11) is 0. The van der Waals surface area contributed by atoms with E-state index < -0.39 is 6.10 Å². The molecular formula is C23H25ClN4O3. The zero-order valence-corrected chi connectivity index (χ0v) is 18.4. The van der Waals surface area contributed by atoms with Gasteiger partial charge in [0.25, 0.3) is 5.91 Å². The van der Waals surface area contributed by atoms with Crippen molar-refractivity contribution in [2.24, 2.45) is 0 Å². The number of aliphatic hydroxyl groups excluding tert-OH is 1. The van der Waals surface area contributed by atoms with Gasteiger partial charge < -0.3 is 14.7 Å². The quantitative estimate of drug-likeness (QED) is 0.669. The lowest BCUT2D eigenvalue weighted by molar-refractivity contribution is 0.0573. The van der Waals surface area contributed by atoms with E-state index in [4.69, 9.17) is 21.4 Å². The summed E-state index contributed by atoms with van der Waals surface area (Å²) in [5, 5.41) is 15.5. The largest absolute Gasteiger partial charge is 0.487 e. The Hall–Kier alpha value is -2.64. The Labute approximate surface area is 185 Å². The molecule has 0 bridgehead atoms. The zero-order valence-electron chi connectivity index (χ0n) is 17.6. The number of aryl methyl sites for hydroxylation is 2. The molecule has 0 unspecified atom stereocenters. The molecule has 3 heterocycles. The van der Waals surface area contributed by atoms with Crippen LogP contribution in [0.15, 0.2) is 24.3 Å². The molecule has 0 spiro atoms. The van der Waals surface area contributed by atoms with E-state index in [1.807, 2.05) is 30.5 Å². The number of halogens is 1. The summed E-state index contributed by atoms with van der Waals surface area (Å²) in [5.41, 5.74) is 4.79. The van der Waals surface area contributed by atoms with Crippen LogP contribution in [0.5, 0.6) is 5.75 Å². The van der Waals surface area contributed by atoms with Crippen LogP contribution >= 0.6 is 11.6 Å². The van der Waals surface area contributed by atoms with Gasteiger partial charge in [-0.1, -0.05) is 30.7 Å². The topological polar surface area (TPSA) is 80.0 Å². The fraction of sp³-hybridized carbons (Fsp3) is 0.435. The summed E-state index contributed by atoms with van der Waals surface area (Å²) in [5.74, 6) is 0.409. The summed E-state index contributed by atoms with van der Waals surface area (Å²) < 4.78 is 7.86. The van der Waals surface area contributed by atoms with Crippen molar-refractivity contribution in [2.45, 2.75) is 64.8 Å². The van der Waals surface area contributed by atoms with Gasteiger partial charge in [0.2, 0.25) is 0 Å². The number of hydrogen-bond donors (Lipinski definition) is 1. The number of fused-ring (bicyclic) bond motifs is 3. The summed E-state index contributed by atoms with van der Waals surface area (Å²) in [6, 6.07) is 7.25. The molecule has 8 heteroatoms. The van der Waals surface area contributed by atoms with Crippen LogP contribution in [-0.4, -0.2) is 42.7 Å². The van der Waals surface area contributed by atoms with E-state index in [0.717, 1.165) is 54.0 Å². The minimum Gasteiger partial charge on any atom is -0.487 e. The molecule has 7 nitrogen and oxygen atoms in total. The number of rotatable bonds is 4. The first kappa shape index (κ1) is 20.3. The third kappa shape index (κ3) is 3.36. The zero-order chi connectivity index (χ0) is 21.7. The van der Waals surface area contributed by atoms with Gasteiger partial charge in [-0.2, -0.15) is 5.10 Å². The monoisotopic (exact) mass is 440 g/mol. The number of amides is 1. The van der Waals surface area contributed by atoms with Gasteiger partial charge in [0.15, 0.2) is 5.65 Å². The second-order valence-electron chi connectivity index (χ2n) is 8.28. The molecule has 1 aliphatic heterocycles. The van der Waals surface area contributed by atoms with Gasteiger partial charge in [-0.15, -0.1) is 0 Å². The van der Waals surface area contributed by atoms with Crippen LogP contribution in [0.3, 0.4) is 0 Å². The standard InChI is InChI=1S/C23H25ClN4O3/c1-3-17-21(24)13(2)25-22-15-11-27(12-16(15)26-28(17)22)23(30)14-7-4-5-9-19(14)31-20-10-6-8-18(20)29/h4-5,7,9,18,20,29H,3,6,8,10-12H2,1-2H3/t18-,20-/m0/s1. The normalized spacial score (nSPS) is 20.5. The van der Waals surface area contributed by atoms with E-state index in [-0.39, 0.29) is 12.0 Å². The number of carbonyl (C=O) groups is 1. The Morgan fingerprint density at radius 3 is 2.84 bits per heavy atom. The lowest BCUT2D eigenvalue weighted by Crippen LogP contribution is -2.29. The average molecular weight is 441 g/mol. The predicted molar refractivity (Wildman–Crippen MR) is 116 cm³/mol. The summed E-state index contributed by atoms with van der Waals surface area (Å²) in [6.07, 6.45) is 2.46. The average Bonchev–Trinajstić information content (AvgIpc) is 3.45. The van der Waals surface area contributed by atoms with Crippen molar-refractivity contribution in [2.75, 3.05) is 0 Å². The lowest BCUT2D eigenvalue weighted by Gasteiger charge is -2.22. The molecule has 1 saturated carbocycles. The molecule has 0 saturated heterocycles. The maximum atomic E-state index is 13.4. The Morgan fingerprint density at radius 1 is 1.29 bits per heavy atom. The van der Waals surface area contributed by atoms with E-state index in [1.54, 1.807) is 17.0 Å². The number of nitrogens with zero attached hydrogens (tertiary/aromatic N) is 4. The third-order valence-corrected chi connectivity index (χ3v) is 6.76. The van der Waals surface area contributed by atoms with Gasteiger partial charge in [0.1, 0.15) is 11.9 Å². The molecule has 2 atom stereocenters. The maximum absolute atomic E-state index is 13.4. The molecule has 1 fully saturated rings. The highest BCUT2D eigenvalue weighted by Gasteiger charge is 2.33. The molecule has 0 radical (unpaired) electrons. The van der Waals surface area contributed by atoms with E-state index in [2.05, 4.69) is 4.98 Å². The van der Waals surface area contributed by atoms with Crippen molar-refractivity contribution in [3.63, 3.8) is 0 Å². The Kier molecular flexibility index (Phi) is 5.10. The molecule has 1 aliphatic carbocycles. The van der Waals surface area contributed by atoms with Crippen LogP contribution in [0.2, 0.25) is 5.02 Å². The van der Waals surface area contributed by atoms with Crippen molar-refractivity contribution in [1.29, 1.82) is 0 Å². The number of ether oxygens (including phenoxy) is 1. The maximum Gasteiger partial charge on any atom is 0.258 e. The fourth-order valence-electron chi connectivity index (χ4n) is 4.59. The SMILES string of the molecule is CCc1c(Cl)c(C)nc2c3c(nn12)CN(C(=O)c1ccccc1O[C@H]1CCC[C@@H]1O)C3. The highest BCUT2D eigenvalue weighted by Crippen LogP contribution is 2.33. The number of aliphatic hydroxyl groups is 1. The number of para-hydroxylation sites is 1. The first-order valence-electron chi connectivity index (χ1n) is 10.8. The molecule has 3 aromatic rings. The highest BCUT2D eigenvalue weighted by atomic mass is 35.5. The molecule has 31 heavy (non-hydrogen) atoms. The minimum absolute atomic E-state index is 0.111. The molecule has 1 amide bonds. The first-order chi connectivity index (χ1) is 15.0. The van der Waals surface area contributed by atoms with Crippen LogP contribution in [0.4, 0.5) is 0 Å². The number of carbonyl (C=O) groups excluding carboxylic acids is 1. The van der Waals surface area contributed by atoms with Crippen molar-refractivity contribution >= 4 is 23.2 Å². The molecule has 1 aromatic carbocycles. The van der Waals surface area contributed by atoms with E-state index in [0.29, 0.717) is 29.4 Å². The van der Waals surface area contributed by atoms with Crippen molar-refractivity contribution in [1.82, 2.24) is 19.5 Å². The van der Waals surface area contributed by atoms with Gasteiger partial charge in [0.05, 0.1) is 46.9 Å². The number of hydrogen-bond acceptors (Lipinski definition) is 5. The summed E-state index contributed by atoms with van der Waals surface area (Å²) in [6.45, 7) is 4.79. The third-order valence-electron chi connectivity index (χ3n) is 6.27. The first-order valence-corrected chi connectivity index (χ1v) is 11.1. The second kappa shape index (κ2) is 7.80. The van der Waals surface area contributed by atoms with E-state index in [9.17, 15) is 9.90 Å². The van der Waals surface area contributed by atoms with Crippen LogP contribution in [0.1, 0.15) is 59.2 Å². The summed E-state index contributed by atoms with van der Waals surface area (Å²) >= 11 is 6.43. The molecular weight excluding hydrogens is 416 g/mol. The molecule has 2 aliphatic rings. The Bertz CT molecular complexity index is 1180. The molecule has 5 rings (SSSR count). The fourth-order valence-corrected chi connectivity index (χ4v) is 4.84. The van der Waals surface area contributed by atoms with Crippen molar-refractivity contribution < 1.29 is 14.6 Å². The van der Waals surface area contributed by atoms with E-state index in [1.165, 1.54) is 0 Å². The van der Waals surface area contributed by atoms with Crippen LogP contribution in [0, 0.1) is 6.92 Å². The lowest BCUT2D eigenvalue weighted by atomic mass is 10.1. The van der Waals surface area contributed by atoms with Gasteiger partial charge in [-0.05, 0) is 44.7 Å². The molecule has 2 aromatic heterocycles. The summed E-state index contributed by atoms with van der Waals surface area (Å²) in [4.78, 5) is 19.8. The van der Waals surface area contributed by atoms with E-state index >= 15 is 0 Å². The number of benzene rings is 1. The van der Waals surface area contributed by atoms with Crippen LogP contribution < -0.4 is 4.74 Å². The Balaban J connectivity index is 1.43. The van der Waals surface area contributed by atoms with Crippen LogP contribution in [0.25, 0.3) is 5.65 Å². The predicted octanol–water partition coefficient (Wildman–Crippen LogP) is 3.70. The smallest absolute Gasteiger partial charge is 0.258 e. The highest BCUT2D eigenvalue weighted by molar-refractivity contribution is 6.31. The van der Waals surface area contributed by atoms with Gasteiger partial charge in [-0.3, -0.25) is 4.79 Å². The van der Waals surface area contributed by atoms with Crippen molar-refractivity contribution in [3.8, 4) is 5.75 Å². The van der Waals surface area contributed by atoms with Gasteiger partial charge in [0, 0.05) is 5.56 Å². The van der Waals surface area contributed by atoms with Gasteiger partial charge in [-0.25, -0.2) is 9.50 Å². The van der Waals surface area contributed by atoms with Gasteiger partial charge >= 0.3 is 0 Å². The van der Waals surface area contributed by atoms with Crippen molar-refractivity contribution in [3.05, 3.63) is 57.5 Å². The molecule has 1 N–H and O–H groups in total. The second-order valence-corrected chi connectivity index (χ2v) is 8.66. The Morgan fingerprint density at radius 2 is 2.10 bits per heavy atom.